The molecule has 0 bridgehead atoms. The largest absolute Gasteiger partial charge is 0.481 e. The van der Waals surface area contributed by atoms with Crippen molar-refractivity contribution in [3.8, 4) is 0 Å². The molecule has 0 saturated carbocycles. The van der Waals surface area contributed by atoms with E-state index in [1.165, 1.54) is 18.2 Å². The van der Waals surface area contributed by atoms with Crippen LogP contribution in [0.1, 0.15) is 68.3 Å². The van der Waals surface area contributed by atoms with Crippen LogP contribution in [0.2, 0.25) is 10.0 Å². The number of carboxylic acids is 2. The summed E-state index contributed by atoms with van der Waals surface area (Å²) in [4.78, 5) is 80.4. The van der Waals surface area contributed by atoms with E-state index in [0.29, 0.717) is 5.71 Å². The normalized spacial score (nSPS) is 16.8. The van der Waals surface area contributed by atoms with Gasteiger partial charge in [0.15, 0.2) is 18.2 Å². The van der Waals surface area contributed by atoms with Crippen LogP contribution in [0.15, 0.2) is 53.7 Å². The molecule has 0 fully saturated rings. The van der Waals surface area contributed by atoms with Gasteiger partial charge in [-0.1, -0.05) is 78.6 Å². The summed E-state index contributed by atoms with van der Waals surface area (Å²) in [7, 11) is 0. The quantitative estimate of drug-likeness (QED) is 0.181. The second-order valence-electron chi connectivity index (χ2n) is 11.6. The van der Waals surface area contributed by atoms with Crippen molar-refractivity contribution in [3.63, 3.8) is 0 Å². The summed E-state index contributed by atoms with van der Waals surface area (Å²) in [6, 6.07) is 12.7. The van der Waals surface area contributed by atoms with Crippen LogP contribution in [0.25, 0.3) is 0 Å². The zero-order chi connectivity index (χ0) is 34.7. The first kappa shape index (κ1) is 37.2. The molecule has 14 heteroatoms. The smallest absolute Gasteiger partial charge is 0.341 e. The number of hydrogen-bond acceptors (Lipinski definition) is 9. The van der Waals surface area contributed by atoms with Gasteiger partial charge in [0.1, 0.15) is 0 Å². The highest BCUT2D eigenvalue weighted by Crippen LogP contribution is 2.34. The van der Waals surface area contributed by atoms with Gasteiger partial charge in [-0.15, -0.1) is 0 Å². The van der Waals surface area contributed by atoms with E-state index in [1.54, 1.807) is 24.3 Å². The number of hydrogen-bond donors (Lipinski definition) is 3. The molecule has 1 aliphatic heterocycles. The first-order valence-electron chi connectivity index (χ1n) is 14.9. The van der Waals surface area contributed by atoms with E-state index in [-0.39, 0.29) is 60.1 Å². The van der Waals surface area contributed by atoms with Crippen molar-refractivity contribution in [1.29, 1.82) is 0 Å². The minimum Gasteiger partial charge on any atom is -0.481 e. The number of carbonyl (C=O) groups is 6. The van der Waals surface area contributed by atoms with Crippen LogP contribution in [0.3, 0.4) is 0 Å². The minimum absolute atomic E-state index is 0.00344. The van der Waals surface area contributed by atoms with Gasteiger partial charge in [-0.05, 0) is 30.0 Å². The number of aliphatic carboxylic acids is 2. The second kappa shape index (κ2) is 17.0. The van der Waals surface area contributed by atoms with Gasteiger partial charge in [-0.2, -0.15) is 0 Å². The average molecular weight is 692 g/mol. The van der Waals surface area contributed by atoms with Gasteiger partial charge in [0.2, 0.25) is 11.5 Å². The number of carbonyl (C=O) groups excluding carboxylic acids is 4. The Labute approximate surface area is 281 Å². The fraction of sp³-hybridized carbons (Fsp3) is 0.424. The SMILES string of the molecule is CC(C)[C@H](NC(=O)CCC(=O)O)C1=NOC(Cc2ccccc2)(C(=O)CC[C@@H](CC(=O)O)C(=O)COC(=O)c2c(Cl)cccc2Cl)C1. The molecule has 3 atom stereocenters. The fourth-order valence-electron chi connectivity index (χ4n) is 5.18. The van der Waals surface area contributed by atoms with Gasteiger partial charge >= 0.3 is 17.9 Å². The zero-order valence-corrected chi connectivity index (χ0v) is 27.4. The number of carboxylic acid groups (broad SMARTS) is 2. The maximum Gasteiger partial charge on any atom is 0.341 e. The molecule has 2 aromatic carbocycles. The summed E-state index contributed by atoms with van der Waals surface area (Å²) in [6.07, 6.45) is -1.53. The summed E-state index contributed by atoms with van der Waals surface area (Å²) < 4.78 is 5.10. The molecule has 47 heavy (non-hydrogen) atoms. The van der Waals surface area contributed by atoms with Crippen molar-refractivity contribution in [2.75, 3.05) is 6.61 Å². The molecule has 12 nitrogen and oxygen atoms in total. The van der Waals surface area contributed by atoms with Crippen LogP contribution in [0.4, 0.5) is 0 Å². The van der Waals surface area contributed by atoms with E-state index in [2.05, 4.69) is 10.5 Å². The van der Waals surface area contributed by atoms with E-state index in [4.69, 9.17) is 37.9 Å². The summed E-state index contributed by atoms with van der Waals surface area (Å²) in [5.41, 5.74) is -0.508. The van der Waals surface area contributed by atoms with Crippen LogP contribution in [0.5, 0.6) is 0 Å². The number of amides is 1. The van der Waals surface area contributed by atoms with Gasteiger partial charge in [-0.3, -0.25) is 24.0 Å². The van der Waals surface area contributed by atoms with Crippen molar-refractivity contribution < 1.29 is 48.6 Å². The van der Waals surface area contributed by atoms with E-state index < -0.39 is 66.0 Å². The number of ketones is 2. The maximum atomic E-state index is 13.9. The molecule has 3 rings (SSSR count). The molecule has 252 valence electrons. The Hall–Kier alpha value is -4.29. The van der Waals surface area contributed by atoms with Gasteiger partial charge < -0.3 is 25.1 Å². The van der Waals surface area contributed by atoms with Crippen molar-refractivity contribution >= 4 is 64.3 Å². The number of nitrogens with zero attached hydrogens (tertiary/aromatic N) is 1. The Kier molecular flexibility index (Phi) is 13.5. The summed E-state index contributed by atoms with van der Waals surface area (Å²) >= 11 is 12.1. The van der Waals surface area contributed by atoms with E-state index in [0.717, 1.165) is 5.56 Å². The van der Waals surface area contributed by atoms with Crippen LogP contribution in [-0.2, 0) is 40.0 Å². The standard InChI is InChI=1S/C33H36Cl2N2O10/c1-19(2)31(36-27(40)13-14-28(41)42)24-17-33(47-37-24,16-20-7-4-3-5-8-20)26(39)12-11-21(15-29(43)44)25(38)18-46-32(45)30-22(34)9-6-10-23(30)35/h3-10,19,21,31H,11-18H2,1-2H3,(H,36,40)(H,41,42)(H,43,44)/t21-,31-,33?/m0/s1. The minimum atomic E-state index is -1.51. The van der Waals surface area contributed by atoms with Gasteiger partial charge in [0, 0.05) is 31.6 Å². The average Bonchev–Trinajstić information content (AvgIpc) is 3.44. The van der Waals surface area contributed by atoms with Gasteiger partial charge in [0.25, 0.3) is 0 Å². The predicted molar refractivity (Wildman–Crippen MR) is 171 cm³/mol. The number of halogens is 2. The lowest BCUT2D eigenvalue weighted by Gasteiger charge is -2.27. The Balaban J connectivity index is 1.76. The van der Waals surface area contributed by atoms with Crippen molar-refractivity contribution in [1.82, 2.24) is 5.32 Å². The molecule has 0 spiro atoms. The van der Waals surface area contributed by atoms with Crippen molar-refractivity contribution in [3.05, 3.63) is 69.7 Å². The number of ether oxygens (including phenoxy) is 1. The molecule has 3 N–H and O–H groups in total. The first-order valence-corrected chi connectivity index (χ1v) is 15.7. The van der Waals surface area contributed by atoms with Crippen LogP contribution < -0.4 is 5.32 Å². The number of benzene rings is 2. The molecule has 1 unspecified atom stereocenters. The van der Waals surface area contributed by atoms with Crippen LogP contribution in [0, 0.1) is 11.8 Å². The van der Waals surface area contributed by atoms with Crippen molar-refractivity contribution in [2.45, 2.75) is 70.4 Å². The molecule has 1 amide bonds. The van der Waals surface area contributed by atoms with Crippen LogP contribution in [-0.4, -0.2) is 69.6 Å². The highest BCUT2D eigenvalue weighted by Gasteiger charge is 2.48. The van der Waals surface area contributed by atoms with Crippen LogP contribution >= 0.6 is 23.2 Å². The zero-order valence-electron chi connectivity index (χ0n) is 25.9. The second-order valence-corrected chi connectivity index (χ2v) is 12.4. The Bertz CT molecular complexity index is 1510. The molecule has 1 heterocycles. The number of Topliss-reactive ketones (excluding diaryl/α,β-unsaturated/α-hetero) is 2. The molecule has 2 aromatic rings. The predicted octanol–water partition coefficient (Wildman–Crippen LogP) is 4.92. The van der Waals surface area contributed by atoms with Gasteiger partial charge in [0.05, 0.1) is 40.2 Å². The Morgan fingerprint density at radius 1 is 0.936 bits per heavy atom. The van der Waals surface area contributed by atoms with E-state index in [9.17, 15) is 33.9 Å². The molecule has 0 radical (unpaired) electrons. The highest BCUT2D eigenvalue weighted by atomic mass is 35.5. The third-order valence-electron chi connectivity index (χ3n) is 7.66. The lowest BCUT2D eigenvalue weighted by molar-refractivity contribution is -0.144. The number of oxime groups is 1. The monoisotopic (exact) mass is 690 g/mol. The lowest BCUT2D eigenvalue weighted by Crippen LogP contribution is -2.47. The number of esters is 1. The van der Waals surface area contributed by atoms with Gasteiger partial charge in [-0.25, -0.2) is 4.79 Å². The first-order chi connectivity index (χ1) is 22.2. The van der Waals surface area contributed by atoms with E-state index >= 15 is 0 Å². The lowest BCUT2D eigenvalue weighted by atomic mass is 9.80. The number of rotatable bonds is 18. The molecule has 1 aliphatic rings. The van der Waals surface area contributed by atoms with E-state index in [1.807, 2.05) is 19.9 Å². The third-order valence-corrected chi connectivity index (χ3v) is 8.29. The molecular weight excluding hydrogens is 655 g/mol. The molecule has 0 aromatic heterocycles. The summed E-state index contributed by atoms with van der Waals surface area (Å²) in [5, 5.41) is 25.4. The molecule has 0 saturated heterocycles. The van der Waals surface area contributed by atoms with Crippen molar-refractivity contribution in [2.24, 2.45) is 17.0 Å². The highest BCUT2D eigenvalue weighted by molar-refractivity contribution is 6.39. The Morgan fingerprint density at radius 2 is 1.60 bits per heavy atom. The third kappa shape index (κ3) is 10.6. The summed E-state index contributed by atoms with van der Waals surface area (Å²) in [6.45, 7) is 2.90. The maximum absolute atomic E-state index is 13.9. The fourth-order valence-corrected chi connectivity index (χ4v) is 5.73. The molecule has 0 aliphatic carbocycles. The molecular formula is C33H36Cl2N2O10. The number of nitrogens with one attached hydrogen (secondary N) is 1. The topological polar surface area (TPSA) is 186 Å². The Morgan fingerprint density at radius 3 is 2.19 bits per heavy atom. The summed E-state index contributed by atoms with van der Waals surface area (Å²) in [5.74, 6) is -6.35.